The topological polar surface area (TPSA) is 56.7 Å². The maximum absolute atomic E-state index is 6.48. The smallest absolute Gasteiger partial charge is 0.168 e. The predicted molar refractivity (Wildman–Crippen MR) is 263 cm³/mol. The minimum Gasteiger partial charge on any atom is -0.501 e. The molecule has 63 heavy (non-hydrogen) atoms. The quantitative estimate of drug-likeness (QED) is 0.112. The fourth-order valence-corrected chi connectivity index (χ4v) is 10.1. The second-order valence-electron chi connectivity index (χ2n) is 19.5. The van der Waals surface area contributed by atoms with Crippen LogP contribution >= 0.6 is 0 Å². The first-order valence-corrected chi connectivity index (χ1v) is 25.4. The monoisotopic (exact) mass is 1020 g/mol. The number of imidazole rings is 1. The molecule has 323 valence electrons. The summed E-state index contributed by atoms with van der Waals surface area (Å²) in [5, 5.41) is 3.63. The summed E-state index contributed by atoms with van der Waals surface area (Å²) >= 11 is 0. The van der Waals surface area contributed by atoms with E-state index >= 15 is 0 Å². The normalized spacial score (nSPS) is 12.0. The average molecular weight is 1020 g/mol. The summed E-state index contributed by atoms with van der Waals surface area (Å²) < 4.78 is 8.79. The number of furan rings is 1. The van der Waals surface area contributed by atoms with Crippen LogP contribution in [-0.4, -0.2) is 27.6 Å². The van der Waals surface area contributed by atoms with Crippen molar-refractivity contribution in [3.05, 3.63) is 162 Å². The average Bonchev–Trinajstić information content (AvgIpc) is 3.81. The number of hydrogen-bond donors (Lipinski definition) is 0. The Kier molecular flexibility index (Phi) is 13.3. The van der Waals surface area contributed by atoms with E-state index in [0.717, 1.165) is 62.1 Å². The van der Waals surface area contributed by atoms with Crippen molar-refractivity contribution < 1.29 is 24.5 Å². The van der Waals surface area contributed by atoms with Gasteiger partial charge in [0.1, 0.15) is 5.58 Å². The molecule has 0 aliphatic rings. The third kappa shape index (κ3) is 9.57. The van der Waals surface area contributed by atoms with Gasteiger partial charge in [0.05, 0.1) is 25.0 Å². The van der Waals surface area contributed by atoms with Crippen LogP contribution in [0.5, 0.6) is 0 Å². The van der Waals surface area contributed by atoms with Crippen molar-refractivity contribution in [3.63, 3.8) is 0 Å². The Hall–Kier alpha value is -5.46. The summed E-state index contributed by atoms with van der Waals surface area (Å²) in [6.07, 6.45) is 5.10. The SMILES string of the molecule is CC(C)(C)Cc1cc(-c2[c-]cccc2)ncc1[Si](C)(C)C.Cc1cnc2nc(-c3[c-]ccc4c3oc3ccccc34)n(-c3c(C(C)C)cc(-c4ccccc4)cc3C(C)C)c2c1.[Ir]. The van der Waals surface area contributed by atoms with E-state index in [4.69, 9.17) is 19.4 Å². The van der Waals surface area contributed by atoms with E-state index in [1.807, 2.05) is 48.7 Å². The van der Waals surface area contributed by atoms with Crippen molar-refractivity contribution >= 4 is 46.4 Å². The third-order valence-electron chi connectivity index (χ3n) is 11.5. The Morgan fingerprint density at radius 1 is 0.714 bits per heavy atom. The molecular formula is C56H58IrN4OSi-2. The second-order valence-corrected chi connectivity index (χ2v) is 24.5. The standard InChI is InChI=1S/C37H32N3O.C19H26NSi.Ir/c1-22(2)30-19-26(25-12-7-6-8-13-25)20-31(23(3)4)34(30)40-32-18-24(5)21-38-36(32)39-37(40)29-16-11-15-28-27-14-9-10-17-33(27)41-35(28)29;1-19(2,3)13-16-12-17(15-10-8-7-9-11-15)20-14-18(16)21(4,5)6;/h6-15,17-23H,1-5H3;7-10,12,14H,13H2,1-6H3;/q2*-1;. The number of rotatable bonds is 8. The first-order valence-electron chi connectivity index (χ1n) is 21.9. The molecule has 0 unspecified atom stereocenters. The molecule has 7 heteroatoms. The minimum atomic E-state index is -1.37. The molecule has 0 fully saturated rings. The van der Waals surface area contributed by atoms with Gasteiger partial charge in [-0.3, -0.25) is 4.98 Å². The number of fused-ring (bicyclic) bond motifs is 4. The first-order chi connectivity index (χ1) is 29.6. The molecule has 0 saturated carbocycles. The maximum atomic E-state index is 6.48. The summed E-state index contributed by atoms with van der Waals surface area (Å²) in [5.41, 5.74) is 15.3. The van der Waals surface area contributed by atoms with Gasteiger partial charge < -0.3 is 14.0 Å². The molecule has 5 aromatic carbocycles. The second kappa shape index (κ2) is 18.3. The van der Waals surface area contributed by atoms with Crippen LogP contribution in [0.15, 0.2) is 132 Å². The van der Waals surface area contributed by atoms with Crippen LogP contribution in [0.25, 0.3) is 72.6 Å². The van der Waals surface area contributed by atoms with Gasteiger partial charge >= 0.3 is 0 Å². The molecule has 5 nitrogen and oxygen atoms in total. The molecule has 1 radical (unpaired) electrons. The Balaban J connectivity index is 0.000000229. The van der Waals surface area contributed by atoms with Gasteiger partial charge in [0, 0.05) is 43.6 Å². The fourth-order valence-electron chi connectivity index (χ4n) is 8.52. The zero-order valence-corrected chi connectivity index (χ0v) is 41.9. The minimum absolute atomic E-state index is 0. The Bertz CT molecular complexity index is 3000. The summed E-state index contributed by atoms with van der Waals surface area (Å²) in [6.45, 7) is 25.2. The number of aromatic nitrogens is 4. The van der Waals surface area contributed by atoms with E-state index in [-0.39, 0.29) is 37.4 Å². The van der Waals surface area contributed by atoms with Crippen LogP contribution in [0.3, 0.4) is 0 Å². The Morgan fingerprint density at radius 3 is 2.05 bits per heavy atom. The van der Waals surface area contributed by atoms with Crippen molar-refractivity contribution in [1.82, 2.24) is 19.5 Å². The molecule has 0 spiro atoms. The molecule has 0 amide bonds. The summed E-state index contributed by atoms with van der Waals surface area (Å²) in [5.74, 6) is 1.35. The van der Waals surface area contributed by atoms with Gasteiger partial charge in [0.2, 0.25) is 0 Å². The zero-order chi connectivity index (χ0) is 43.9. The Morgan fingerprint density at radius 2 is 1.40 bits per heavy atom. The molecule has 4 aromatic heterocycles. The van der Waals surface area contributed by atoms with Gasteiger partial charge in [0.15, 0.2) is 5.65 Å². The molecular weight excluding hydrogens is 965 g/mol. The van der Waals surface area contributed by atoms with Crippen LogP contribution in [0, 0.1) is 24.5 Å². The Labute approximate surface area is 388 Å². The van der Waals surface area contributed by atoms with E-state index in [2.05, 4.69) is 171 Å². The van der Waals surface area contributed by atoms with Crippen molar-refractivity contribution in [1.29, 1.82) is 0 Å². The van der Waals surface area contributed by atoms with Crippen molar-refractivity contribution in [2.75, 3.05) is 0 Å². The van der Waals surface area contributed by atoms with Crippen LogP contribution in [0.1, 0.15) is 82.6 Å². The maximum Gasteiger partial charge on any atom is 0.168 e. The van der Waals surface area contributed by atoms with Crippen LogP contribution < -0.4 is 5.19 Å². The number of hydrogen-bond acceptors (Lipinski definition) is 4. The van der Waals surface area contributed by atoms with Gasteiger partial charge in [-0.25, -0.2) is 4.98 Å². The van der Waals surface area contributed by atoms with Gasteiger partial charge in [0.25, 0.3) is 0 Å². The van der Waals surface area contributed by atoms with Crippen LogP contribution in [0.2, 0.25) is 19.6 Å². The zero-order valence-electron chi connectivity index (χ0n) is 38.5. The molecule has 4 heterocycles. The van der Waals surface area contributed by atoms with Gasteiger partial charge in [-0.15, -0.1) is 54.1 Å². The number of aryl methyl sites for hydroxylation is 1. The number of pyridine rings is 2. The summed E-state index contributed by atoms with van der Waals surface area (Å²) in [4.78, 5) is 14.6. The molecule has 0 N–H and O–H groups in total. The molecule has 9 rings (SSSR count). The van der Waals surface area contributed by atoms with Crippen molar-refractivity contribution in [3.8, 4) is 39.5 Å². The van der Waals surface area contributed by atoms with Gasteiger partial charge in [-0.2, -0.15) is 0 Å². The molecule has 0 aliphatic carbocycles. The number of nitrogens with zero attached hydrogens (tertiary/aromatic N) is 4. The molecule has 0 saturated heterocycles. The first kappa shape index (κ1) is 45.6. The predicted octanol–water partition coefficient (Wildman–Crippen LogP) is 14.7. The number of benzene rings is 5. The summed E-state index contributed by atoms with van der Waals surface area (Å²) in [7, 11) is -1.37. The molecule has 0 atom stereocenters. The van der Waals surface area contributed by atoms with Crippen LogP contribution in [0.4, 0.5) is 0 Å². The summed E-state index contributed by atoms with van der Waals surface area (Å²) in [6, 6.07) is 46.9. The fraction of sp³-hybridized carbons (Fsp3) is 0.268. The van der Waals surface area contributed by atoms with E-state index in [1.54, 1.807) is 0 Å². The van der Waals surface area contributed by atoms with Crippen molar-refractivity contribution in [2.24, 2.45) is 5.41 Å². The molecule has 0 bridgehead atoms. The molecule has 0 aliphatic heterocycles. The van der Waals surface area contributed by atoms with Gasteiger partial charge in [-0.1, -0.05) is 139 Å². The molecule has 9 aromatic rings. The van der Waals surface area contributed by atoms with Gasteiger partial charge in [-0.05, 0) is 93.6 Å². The van der Waals surface area contributed by atoms with E-state index in [9.17, 15) is 0 Å². The third-order valence-corrected chi connectivity index (χ3v) is 13.5. The largest absolute Gasteiger partial charge is 0.501 e. The number of para-hydroxylation sites is 1. The van der Waals surface area contributed by atoms with E-state index in [0.29, 0.717) is 5.65 Å². The van der Waals surface area contributed by atoms with E-state index < -0.39 is 8.07 Å². The van der Waals surface area contributed by atoms with Crippen molar-refractivity contribution in [2.45, 2.75) is 93.3 Å². The van der Waals surface area contributed by atoms with E-state index in [1.165, 1.54) is 38.7 Å². The van der Waals surface area contributed by atoms with Crippen LogP contribution in [-0.2, 0) is 26.5 Å².